The maximum Gasteiger partial charge on any atom is 0.133 e. The Morgan fingerprint density at radius 3 is 2.23 bits per heavy atom. The van der Waals surface area contributed by atoms with Crippen molar-refractivity contribution in [1.29, 1.82) is 0 Å². The third-order valence-corrected chi connectivity index (χ3v) is 2.34. The van der Waals surface area contributed by atoms with Crippen LogP contribution < -0.4 is 5.73 Å². The van der Waals surface area contributed by atoms with Gasteiger partial charge in [0.2, 0.25) is 0 Å². The van der Waals surface area contributed by atoms with Crippen molar-refractivity contribution in [2.45, 2.75) is 46.5 Å². The summed E-state index contributed by atoms with van der Waals surface area (Å²) in [6, 6.07) is 0. The second kappa shape index (κ2) is 7.07. The lowest BCUT2D eigenvalue weighted by molar-refractivity contribution is -0.120. The zero-order chi connectivity index (χ0) is 10.3. The van der Waals surface area contributed by atoms with Crippen LogP contribution in [-0.2, 0) is 4.79 Å². The quantitative estimate of drug-likeness (QED) is 0.661. The molecule has 2 atom stereocenters. The van der Waals surface area contributed by atoms with Gasteiger partial charge in [-0.25, -0.2) is 0 Å². The fourth-order valence-corrected chi connectivity index (χ4v) is 1.54. The molecule has 0 radical (unpaired) electrons. The maximum atomic E-state index is 11.4. The zero-order valence-corrected chi connectivity index (χ0v) is 9.18. The van der Waals surface area contributed by atoms with E-state index in [1.54, 1.807) is 0 Å². The highest BCUT2D eigenvalue weighted by Gasteiger charge is 2.11. The number of hydrogen-bond acceptors (Lipinski definition) is 2. The van der Waals surface area contributed by atoms with E-state index < -0.39 is 0 Å². The van der Waals surface area contributed by atoms with Gasteiger partial charge in [0.1, 0.15) is 5.78 Å². The molecule has 2 N–H and O–H groups in total. The van der Waals surface area contributed by atoms with E-state index >= 15 is 0 Å². The molecular weight excluding hydrogens is 162 g/mol. The normalized spacial score (nSPS) is 15.4. The molecule has 78 valence electrons. The molecule has 0 amide bonds. The molecule has 13 heavy (non-hydrogen) atoms. The molecule has 0 aromatic heterocycles. The maximum absolute atomic E-state index is 11.4. The Labute approximate surface area is 81.9 Å². The smallest absolute Gasteiger partial charge is 0.133 e. The highest BCUT2D eigenvalue weighted by atomic mass is 16.1. The number of carbonyl (C=O) groups is 1. The highest BCUT2D eigenvalue weighted by Crippen LogP contribution is 2.13. The van der Waals surface area contributed by atoms with Gasteiger partial charge in [-0.05, 0) is 18.4 Å². The standard InChI is InChI=1S/C11H23NO/c1-4-5-9(2)6-11(13)7-10(3)8-12/h9-10H,4-8,12H2,1-3H3. The molecule has 0 fully saturated rings. The Hall–Kier alpha value is -0.370. The summed E-state index contributed by atoms with van der Waals surface area (Å²) in [6.07, 6.45) is 3.71. The molecule has 0 aliphatic heterocycles. The number of Topliss-reactive ketones (excluding diaryl/α,β-unsaturated/α-hetero) is 1. The van der Waals surface area contributed by atoms with E-state index in [0.29, 0.717) is 30.6 Å². The summed E-state index contributed by atoms with van der Waals surface area (Å²) >= 11 is 0. The van der Waals surface area contributed by atoms with Gasteiger partial charge in [0.05, 0.1) is 0 Å². The molecule has 0 aliphatic carbocycles. The molecule has 2 unspecified atom stereocenters. The minimum absolute atomic E-state index is 0.348. The number of hydrogen-bond donors (Lipinski definition) is 1. The van der Waals surface area contributed by atoms with Crippen LogP contribution in [0.5, 0.6) is 0 Å². The van der Waals surface area contributed by atoms with Crippen LogP contribution in [0.4, 0.5) is 0 Å². The first-order chi connectivity index (χ1) is 6.10. The van der Waals surface area contributed by atoms with Crippen LogP contribution in [-0.4, -0.2) is 12.3 Å². The molecule has 0 aromatic carbocycles. The summed E-state index contributed by atoms with van der Waals surface area (Å²) in [7, 11) is 0. The monoisotopic (exact) mass is 185 g/mol. The minimum Gasteiger partial charge on any atom is -0.330 e. The summed E-state index contributed by atoms with van der Waals surface area (Å²) in [5, 5.41) is 0. The van der Waals surface area contributed by atoms with Crippen molar-refractivity contribution >= 4 is 5.78 Å². The average Bonchev–Trinajstić information content (AvgIpc) is 2.04. The fraction of sp³-hybridized carbons (Fsp3) is 0.909. The van der Waals surface area contributed by atoms with Gasteiger partial charge in [-0.15, -0.1) is 0 Å². The van der Waals surface area contributed by atoms with E-state index in [-0.39, 0.29) is 0 Å². The Balaban J connectivity index is 3.61. The number of carbonyl (C=O) groups excluding carboxylic acids is 1. The molecule has 0 bridgehead atoms. The minimum atomic E-state index is 0.348. The molecule has 0 spiro atoms. The van der Waals surface area contributed by atoms with E-state index in [9.17, 15) is 4.79 Å². The molecular formula is C11H23NO. The van der Waals surface area contributed by atoms with E-state index in [1.807, 2.05) is 6.92 Å². The van der Waals surface area contributed by atoms with Crippen molar-refractivity contribution < 1.29 is 4.79 Å². The van der Waals surface area contributed by atoms with Crippen molar-refractivity contribution in [3.8, 4) is 0 Å². The summed E-state index contributed by atoms with van der Waals surface area (Å²) in [4.78, 5) is 11.4. The SMILES string of the molecule is CCCC(C)CC(=O)CC(C)CN. The van der Waals surface area contributed by atoms with Gasteiger partial charge in [-0.1, -0.05) is 33.6 Å². The van der Waals surface area contributed by atoms with Crippen molar-refractivity contribution in [3.63, 3.8) is 0 Å². The summed E-state index contributed by atoms with van der Waals surface area (Å²) in [5.41, 5.74) is 5.46. The number of rotatable bonds is 7. The first kappa shape index (κ1) is 12.6. The van der Waals surface area contributed by atoms with Crippen molar-refractivity contribution in [2.24, 2.45) is 17.6 Å². The molecule has 2 heteroatoms. The third-order valence-electron chi connectivity index (χ3n) is 2.34. The first-order valence-electron chi connectivity index (χ1n) is 5.31. The van der Waals surface area contributed by atoms with Crippen molar-refractivity contribution in [1.82, 2.24) is 0 Å². The molecule has 0 aromatic rings. The van der Waals surface area contributed by atoms with Gasteiger partial charge in [-0.2, -0.15) is 0 Å². The fourth-order valence-electron chi connectivity index (χ4n) is 1.54. The van der Waals surface area contributed by atoms with Crippen LogP contribution in [0.25, 0.3) is 0 Å². The van der Waals surface area contributed by atoms with Gasteiger partial charge in [0, 0.05) is 12.8 Å². The zero-order valence-electron chi connectivity index (χ0n) is 9.18. The lowest BCUT2D eigenvalue weighted by atomic mass is 9.95. The summed E-state index contributed by atoms with van der Waals surface area (Å²) < 4.78 is 0. The lowest BCUT2D eigenvalue weighted by Gasteiger charge is -2.11. The second-order valence-electron chi connectivity index (χ2n) is 4.18. The van der Waals surface area contributed by atoms with Crippen LogP contribution >= 0.6 is 0 Å². The lowest BCUT2D eigenvalue weighted by Crippen LogP contribution is -2.16. The van der Waals surface area contributed by atoms with Crippen molar-refractivity contribution in [3.05, 3.63) is 0 Å². The molecule has 0 aliphatic rings. The molecule has 0 heterocycles. The van der Waals surface area contributed by atoms with E-state index in [0.717, 1.165) is 12.8 Å². The van der Waals surface area contributed by atoms with Crippen molar-refractivity contribution in [2.75, 3.05) is 6.54 Å². The van der Waals surface area contributed by atoms with E-state index in [2.05, 4.69) is 13.8 Å². The summed E-state index contributed by atoms with van der Waals surface area (Å²) in [6.45, 7) is 6.95. The van der Waals surface area contributed by atoms with Gasteiger partial charge >= 0.3 is 0 Å². The molecule has 0 saturated heterocycles. The third kappa shape index (κ3) is 6.76. The predicted molar refractivity (Wildman–Crippen MR) is 56.5 cm³/mol. The van der Waals surface area contributed by atoms with Crippen LogP contribution in [0, 0.1) is 11.8 Å². The topological polar surface area (TPSA) is 43.1 Å². The Bertz CT molecular complexity index is 145. The van der Waals surface area contributed by atoms with Gasteiger partial charge in [0.25, 0.3) is 0 Å². The second-order valence-corrected chi connectivity index (χ2v) is 4.18. The van der Waals surface area contributed by atoms with Gasteiger partial charge in [0.15, 0.2) is 0 Å². The largest absolute Gasteiger partial charge is 0.330 e. The predicted octanol–water partition coefficient (Wildman–Crippen LogP) is 2.37. The summed E-state index contributed by atoms with van der Waals surface area (Å²) in [5.74, 6) is 1.27. The first-order valence-corrected chi connectivity index (χ1v) is 5.31. The van der Waals surface area contributed by atoms with Crippen LogP contribution in [0.1, 0.15) is 46.5 Å². The van der Waals surface area contributed by atoms with Crippen LogP contribution in [0.15, 0.2) is 0 Å². The molecule has 0 rings (SSSR count). The van der Waals surface area contributed by atoms with Gasteiger partial charge < -0.3 is 5.73 Å². The van der Waals surface area contributed by atoms with E-state index in [1.165, 1.54) is 6.42 Å². The average molecular weight is 185 g/mol. The van der Waals surface area contributed by atoms with E-state index in [4.69, 9.17) is 5.73 Å². The van der Waals surface area contributed by atoms with Crippen LogP contribution in [0.2, 0.25) is 0 Å². The van der Waals surface area contributed by atoms with Gasteiger partial charge in [-0.3, -0.25) is 4.79 Å². The molecule has 2 nitrogen and oxygen atoms in total. The highest BCUT2D eigenvalue weighted by molar-refractivity contribution is 5.78. The van der Waals surface area contributed by atoms with Crippen LogP contribution in [0.3, 0.4) is 0 Å². The Morgan fingerprint density at radius 1 is 1.23 bits per heavy atom. The Morgan fingerprint density at radius 2 is 1.77 bits per heavy atom. The number of ketones is 1. The number of nitrogens with two attached hydrogens (primary N) is 1. The molecule has 0 saturated carbocycles. The Kier molecular flexibility index (Phi) is 6.87.